The lowest BCUT2D eigenvalue weighted by atomic mass is 10.0. The number of carbonyl (C=O) groups excluding carboxylic acids is 2. The summed E-state index contributed by atoms with van der Waals surface area (Å²) in [6.07, 6.45) is 36.0. The first-order chi connectivity index (χ1) is 23.9. The van der Waals surface area contributed by atoms with Crippen molar-refractivity contribution in [2.75, 3.05) is 0 Å². The first kappa shape index (κ1) is 44.4. The first-order valence-electron chi connectivity index (χ1n) is 20.3. The van der Waals surface area contributed by atoms with E-state index in [4.69, 9.17) is 9.68 Å². The van der Waals surface area contributed by atoms with E-state index in [9.17, 15) is 24.0 Å². The fraction of sp³-hybridized carbons (Fsp3) is 0.872. The van der Waals surface area contributed by atoms with Crippen LogP contribution < -0.4 is 26.7 Å². The molecule has 284 valence electrons. The van der Waals surface area contributed by atoms with E-state index in [-0.39, 0.29) is 22.3 Å². The summed E-state index contributed by atoms with van der Waals surface area (Å²) in [6.45, 7) is 4.49. The third-order valence-electron chi connectivity index (χ3n) is 9.29. The predicted octanol–water partition coefficient (Wildman–Crippen LogP) is 9.13. The minimum Gasteiger partial charge on any atom is -0.327 e. The topological polar surface area (TPSA) is 129 Å². The Labute approximate surface area is 296 Å². The van der Waals surface area contributed by atoms with E-state index in [2.05, 4.69) is 13.8 Å². The number of hydrogen-bond donors (Lipinski definition) is 1. The Bertz CT molecular complexity index is 1060. The maximum Gasteiger partial charge on any atom is 0.404 e. The number of hydrogen-bond acceptors (Lipinski definition) is 7. The van der Waals surface area contributed by atoms with Crippen LogP contribution >= 0.6 is 0 Å². The highest BCUT2D eigenvalue weighted by molar-refractivity contribution is 5.70. The van der Waals surface area contributed by atoms with Crippen molar-refractivity contribution >= 4 is 11.9 Å². The summed E-state index contributed by atoms with van der Waals surface area (Å²) >= 11 is 0. The SMILES string of the molecule is CCCCCCCCCCCCCCCCCC(=O)On1c(=O)[nH]c(=O)n(OC(=O)CCCCCCCCCCCCCCCCC)c1=O. The van der Waals surface area contributed by atoms with Crippen molar-refractivity contribution in [3.05, 3.63) is 31.5 Å². The number of unbranched alkanes of at least 4 members (excludes halogenated alkanes) is 28. The number of aromatic amines is 1. The van der Waals surface area contributed by atoms with Crippen LogP contribution in [0.2, 0.25) is 0 Å². The summed E-state index contributed by atoms with van der Waals surface area (Å²) in [5.41, 5.74) is -3.73. The van der Waals surface area contributed by atoms with E-state index in [1.165, 1.54) is 141 Å². The zero-order valence-corrected chi connectivity index (χ0v) is 31.4. The molecule has 0 atom stereocenters. The summed E-state index contributed by atoms with van der Waals surface area (Å²) in [6, 6.07) is 0. The van der Waals surface area contributed by atoms with Gasteiger partial charge in [0.25, 0.3) is 0 Å². The molecule has 0 saturated heterocycles. The van der Waals surface area contributed by atoms with Gasteiger partial charge in [-0.1, -0.05) is 203 Å². The molecule has 0 spiro atoms. The van der Waals surface area contributed by atoms with Gasteiger partial charge in [-0.3, -0.25) is 4.98 Å². The predicted molar refractivity (Wildman–Crippen MR) is 198 cm³/mol. The van der Waals surface area contributed by atoms with Crippen molar-refractivity contribution in [3.63, 3.8) is 0 Å². The average Bonchev–Trinajstić information content (AvgIpc) is 3.08. The molecule has 0 aliphatic rings. The van der Waals surface area contributed by atoms with Gasteiger partial charge in [-0.05, 0) is 12.8 Å². The van der Waals surface area contributed by atoms with Crippen LogP contribution in [0.25, 0.3) is 0 Å². The molecule has 10 nitrogen and oxygen atoms in total. The Kier molecular flexibility index (Phi) is 28.4. The second kappa shape index (κ2) is 31.3. The van der Waals surface area contributed by atoms with Crippen LogP contribution in [0.5, 0.6) is 0 Å². The van der Waals surface area contributed by atoms with Crippen LogP contribution in [-0.4, -0.2) is 26.4 Å². The third-order valence-corrected chi connectivity index (χ3v) is 9.29. The van der Waals surface area contributed by atoms with Gasteiger partial charge in [0.1, 0.15) is 0 Å². The molecule has 0 fully saturated rings. The second-order valence-corrected chi connectivity index (χ2v) is 13.9. The summed E-state index contributed by atoms with van der Waals surface area (Å²) in [5.74, 6) is -1.53. The highest BCUT2D eigenvalue weighted by atomic mass is 16.7. The van der Waals surface area contributed by atoms with Gasteiger partial charge in [-0.2, -0.15) is 0 Å². The van der Waals surface area contributed by atoms with Crippen molar-refractivity contribution in [2.45, 2.75) is 219 Å². The van der Waals surface area contributed by atoms with Crippen LogP contribution in [0.1, 0.15) is 219 Å². The molecule has 0 saturated carbocycles. The minimum atomic E-state index is -1.33. The van der Waals surface area contributed by atoms with Crippen LogP contribution in [0.3, 0.4) is 0 Å². The van der Waals surface area contributed by atoms with E-state index >= 15 is 0 Å². The third kappa shape index (κ3) is 24.2. The molecule has 49 heavy (non-hydrogen) atoms. The number of H-pyrrole nitrogens is 1. The largest absolute Gasteiger partial charge is 0.404 e. The molecule has 10 heteroatoms. The Balaban J connectivity index is 2.17. The molecule has 1 aromatic heterocycles. The van der Waals surface area contributed by atoms with Crippen molar-refractivity contribution in [2.24, 2.45) is 0 Å². The maximum atomic E-state index is 12.7. The molecule has 1 aromatic rings. The van der Waals surface area contributed by atoms with Crippen LogP contribution in [-0.2, 0) is 9.59 Å². The number of rotatable bonds is 34. The van der Waals surface area contributed by atoms with Gasteiger partial charge in [0.15, 0.2) is 0 Å². The van der Waals surface area contributed by atoms with Crippen LogP contribution in [0.15, 0.2) is 14.4 Å². The Morgan fingerprint density at radius 3 is 0.878 bits per heavy atom. The summed E-state index contributed by atoms with van der Waals surface area (Å²) in [7, 11) is 0. The summed E-state index contributed by atoms with van der Waals surface area (Å²) in [4.78, 5) is 73.3. The molecular weight excluding hydrogens is 622 g/mol. The molecule has 0 unspecified atom stereocenters. The van der Waals surface area contributed by atoms with E-state index < -0.39 is 29.0 Å². The van der Waals surface area contributed by atoms with Gasteiger partial charge >= 0.3 is 29.0 Å². The Morgan fingerprint density at radius 1 is 0.408 bits per heavy atom. The van der Waals surface area contributed by atoms with Crippen molar-refractivity contribution in [1.29, 1.82) is 0 Å². The first-order valence-corrected chi connectivity index (χ1v) is 20.3. The highest BCUT2D eigenvalue weighted by Crippen LogP contribution is 2.15. The quantitative estimate of drug-likeness (QED) is 0.0713. The van der Waals surface area contributed by atoms with Gasteiger partial charge < -0.3 is 9.68 Å². The van der Waals surface area contributed by atoms with Gasteiger partial charge in [0.05, 0.1) is 0 Å². The van der Waals surface area contributed by atoms with Gasteiger partial charge in [0, 0.05) is 12.8 Å². The Hall–Kier alpha value is -2.65. The molecule has 0 aliphatic carbocycles. The fourth-order valence-corrected chi connectivity index (χ4v) is 6.19. The fourth-order valence-electron chi connectivity index (χ4n) is 6.19. The number of nitrogens with one attached hydrogen (secondary N) is 1. The van der Waals surface area contributed by atoms with E-state index in [0.29, 0.717) is 12.8 Å². The van der Waals surface area contributed by atoms with Crippen LogP contribution in [0.4, 0.5) is 0 Å². The molecular formula is C39H71N3O7. The van der Waals surface area contributed by atoms with Gasteiger partial charge in [-0.15, -0.1) is 0 Å². The zero-order valence-electron chi connectivity index (χ0n) is 31.4. The maximum absolute atomic E-state index is 12.7. The number of carbonyl (C=O) groups is 2. The molecule has 0 amide bonds. The molecule has 0 radical (unpaired) electrons. The smallest absolute Gasteiger partial charge is 0.327 e. The lowest BCUT2D eigenvalue weighted by Gasteiger charge is -2.08. The normalized spacial score (nSPS) is 11.2. The highest BCUT2D eigenvalue weighted by Gasteiger charge is 2.17. The number of aromatic nitrogens is 3. The van der Waals surface area contributed by atoms with Crippen molar-refractivity contribution in [3.8, 4) is 0 Å². The lowest BCUT2D eigenvalue weighted by Crippen LogP contribution is -2.55. The molecule has 1 rings (SSSR count). The molecule has 0 bridgehead atoms. The molecule has 1 N–H and O–H groups in total. The van der Waals surface area contributed by atoms with E-state index in [1.807, 2.05) is 4.98 Å². The minimum absolute atomic E-state index is 0.0300. The molecule has 0 aromatic carbocycles. The van der Waals surface area contributed by atoms with E-state index in [1.54, 1.807) is 0 Å². The second-order valence-electron chi connectivity index (χ2n) is 13.9. The summed E-state index contributed by atoms with van der Waals surface area (Å²) in [5, 5.41) is 0. The lowest BCUT2D eigenvalue weighted by molar-refractivity contribution is -0.148. The standard InChI is InChI=1S/C39H71N3O7/c1-3-5-7-9-11-13-15-17-19-21-23-25-27-29-31-33-35(43)48-41-37(45)40-38(46)42(39(41)47)49-36(44)34-32-30-28-26-24-22-20-18-16-14-12-10-8-6-4-2/h3-34H2,1-2H3,(H,40,45,46). The number of nitrogens with zero attached hydrogens (tertiary/aromatic N) is 2. The molecule has 0 aliphatic heterocycles. The van der Waals surface area contributed by atoms with Gasteiger partial charge in [-0.25, -0.2) is 24.0 Å². The zero-order chi connectivity index (χ0) is 35.8. The Morgan fingerprint density at radius 2 is 0.633 bits per heavy atom. The average molecular weight is 694 g/mol. The monoisotopic (exact) mass is 694 g/mol. The van der Waals surface area contributed by atoms with Gasteiger partial charge in [0.2, 0.25) is 0 Å². The summed E-state index contributed by atoms with van der Waals surface area (Å²) < 4.78 is 0.270. The van der Waals surface area contributed by atoms with Crippen LogP contribution in [0, 0.1) is 0 Å². The van der Waals surface area contributed by atoms with Crippen molar-refractivity contribution < 1.29 is 19.3 Å². The van der Waals surface area contributed by atoms with Crippen molar-refractivity contribution in [1.82, 2.24) is 14.4 Å². The molecule has 1 heterocycles. The van der Waals surface area contributed by atoms with E-state index in [0.717, 1.165) is 38.5 Å².